The topological polar surface area (TPSA) is 66.9 Å². The maximum absolute atomic E-state index is 12.2. The second-order valence-electron chi connectivity index (χ2n) is 4.94. The lowest BCUT2D eigenvalue weighted by Crippen LogP contribution is -2.42. The van der Waals surface area contributed by atoms with Crippen LogP contribution in [0.1, 0.15) is 33.6 Å². The molecule has 0 saturated carbocycles. The summed E-state index contributed by atoms with van der Waals surface area (Å²) in [6, 6.07) is 3.39. The first-order valence-electron chi connectivity index (χ1n) is 7.04. The number of fused-ring (bicyclic) bond motifs is 1. The third-order valence-electron chi connectivity index (χ3n) is 3.46. The molecule has 1 unspecified atom stereocenters. The van der Waals surface area contributed by atoms with Crippen LogP contribution in [-0.4, -0.2) is 26.7 Å². The van der Waals surface area contributed by atoms with Crippen molar-refractivity contribution in [2.75, 3.05) is 5.32 Å². The Hall–Kier alpha value is -1.40. The van der Waals surface area contributed by atoms with Crippen LogP contribution in [0, 0.1) is 0 Å². The molecule has 1 aromatic carbocycles. The van der Waals surface area contributed by atoms with Crippen LogP contribution in [0.2, 0.25) is 5.02 Å². The van der Waals surface area contributed by atoms with Crippen LogP contribution < -0.4 is 10.6 Å². The van der Waals surface area contributed by atoms with Gasteiger partial charge >= 0.3 is 0 Å². The van der Waals surface area contributed by atoms with E-state index in [9.17, 15) is 4.79 Å². The first kappa shape index (κ1) is 16.0. The zero-order valence-corrected chi connectivity index (χ0v) is 13.9. The quantitative estimate of drug-likeness (QED) is 0.853. The van der Waals surface area contributed by atoms with E-state index in [0.29, 0.717) is 16.2 Å². The summed E-state index contributed by atoms with van der Waals surface area (Å²) in [7, 11) is 0. The lowest BCUT2D eigenvalue weighted by atomic mass is 10.1. The van der Waals surface area contributed by atoms with Crippen molar-refractivity contribution in [1.29, 1.82) is 0 Å². The number of halogens is 1. The van der Waals surface area contributed by atoms with E-state index in [1.54, 1.807) is 6.07 Å². The van der Waals surface area contributed by atoms with Crippen molar-refractivity contribution >= 4 is 46.0 Å². The van der Waals surface area contributed by atoms with Crippen molar-refractivity contribution in [3.63, 3.8) is 0 Å². The molecule has 0 aliphatic carbocycles. The molecule has 7 heteroatoms. The Kier molecular flexibility index (Phi) is 5.36. The molecule has 5 nitrogen and oxygen atoms in total. The van der Waals surface area contributed by atoms with Crippen LogP contribution in [0.5, 0.6) is 0 Å². The van der Waals surface area contributed by atoms with Crippen LogP contribution in [0.15, 0.2) is 12.1 Å². The fourth-order valence-electron chi connectivity index (χ4n) is 2.07. The summed E-state index contributed by atoms with van der Waals surface area (Å²) in [5.74, 6) is -0.0417. The summed E-state index contributed by atoms with van der Waals surface area (Å²) in [6.45, 7) is 5.93. The Bertz CT molecular complexity index is 626. The highest BCUT2D eigenvalue weighted by Gasteiger charge is 2.19. The van der Waals surface area contributed by atoms with Crippen LogP contribution in [0.25, 0.3) is 11.0 Å². The molecule has 1 amide bonds. The fourth-order valence-corrected chi connectivity index (χ4v) is 2.81. The number of anilines is 1. The number of nitrogens with zero attached hydrogens (tertiary/aromatic N) is 2. The molecule has 0 bridgehead atoms. The third kappa shape index (κ3) is 3.63. The van der Waals surface area contributed by atoms with E-state index in [1.807, 2.05) is 13.0 Å². The van der Waals surface area contributed by atoms with Gasteiger partial charge in [0.25, 0.3) is 0 Å². The smallest absolute Gasteiger partial charge is 0.242 e. The summed E-state index contributed by atoms with van der Waals surface area (Å²) in [6.07, 6.45) is 1.84. The Labute approximate surface area is 133 Å². The summed E-state index contributed by atoms with van der Waals surface area (Å²) >= 11 is 7.34. The Morgan fingerprint density at radius 1 is 1.33 bits per heavy atom. The van der Waals surface area contributed by atoms with Gasteiger partial charge in [-0.05, 0) is 31.9 Å². The lowest BCUT2D eigenvalue weighted by Gasteiger charge is -2.20. The van der Waals surface area contributed by atoms with Crippen molar-refractivity contribution in [3.8, 4) is 0 Å². The first-order chi connectivity index (χ1) is 10.1. The Morgan fingerprint density at radius 2 is 2.05 bits per heavy atom. The molecule has 114 valence electrons. The van der Waals surface area contributed by atoms with Gasteiger partial charge in [-0.2, -0.15) is 8.75 Å². The predicted molar refractivity (Wildman–Crippen MR) is 88.0 cm³/mol. The normalized spacial score (nSPS) is 12.6. The highest BCUT2D eigenvalue weighted by atomic mass is 35.5. The van der Waals surface area contributed by atoms with Gasteiger partial charge in [0.1, 0.15) is 17.1 Å². The monoisotopic (exact) mass is 326 g/mol. The Balaban J connectivity index is 2.14. The molecule has 1 heterocycles. The third-order valence-corrected chi connectivity index (χ3v) is 4.32. The van der Waals surface area contributed by atoms with E-state index >= 15 is 0 Å². The average Bonchev–Trinajstić information content (AvgIpc) is 2.95. The highest BCUT2D eigenvalue weighted by molar-refractivity contribution is 7.00. The number of hydrogen-bond acceptors (Lipinski definition) is 5. The molecule has 0 fully saturated rings. The van der Waals surface area contributed by atoms with Crippen molar-refractivity contribution < 1.29 is 4.79 Å². The van der Waals surface area contributed by atoms with Gasteiger partial charge in [0.05, 0.1) is 22.4 Å². The maximum Gasteiger partial charge on any atom is 0.242 e. The summed E-state index contributed by atoms with van der Waals surface area (Å²) in [4.78, 5) is 12.2. The molecule has 0 spiro atoms. The predicted octanol–water partition coefficient (Wildman–Crippen LogP) is 3.45. The molecule has 2 rings (SSSR count). The number of carbonyl (C=O) groups is 1. The van der Waals surface area contributed by atoms with Crippen molar-refractivity contribution in [1.82, 2.24) is 14.1 Å². The number of aromatic nitrogens is 2. The average molecular weight is 327 g/mol. The van der Waals surface area contributed by atoms with E-state index in [4.69, 9.17) is 11.6 Å². The van der Waals surface area contributed by atoms with Gasteiger partial charge in [0, 0.05) is 6.04 Å². The molecule has 0 saturated heterocycles. The van der Waals surface area contributed by atoms with Gasteiger partial charge in [-0.15, -0.1) is 0 Å². The minimum absolute atomic E-state index is 0.0417. The minimum Gasteiger partial charge on any atom is -0.371 e. The first-order valence-corrected chi connectivity index (χ1v) is 8.15. The van der Waals surface area contributed by atoms with Crippen molar-refractivity contribution in [2.45, 2.75) is 45.7 Å². The minimum atomic E-state index is -0.393. The molecule has 0 aliphatic rings. The molecular formula is C14H19ClN4OS. The zero-order valence-electron chi connectivity index (χ0n) is 12.3. The van der Waals surface area contributed by atoms with Gasteiger partial charge in [-0.25, -0.2) is 0 Å². The van der Waals surface area contributed by atoms with Gasteiger partial charge in [-0.3, -0.25) is 4.79 Å². The van der Waals surface area contributed by atoms with Crippen molar-refractivity contribution in [2.24, 2.45) is 0 Å². The second kappa shape index (κ2) is 7.04. The van der Waals surface area contributed by atoms with Crippen LogP contribution in [0.3, 0.4) is 0 Å². The van der Waals surface area contributed by atoms with E-state index in [-0.39, 0.29) is 11.9 Å². The van der Waals surface area contributed by atoms with Gasteiger partial charge < -0.3 is 10.6 Å². The number of benzene rings is 1. The lowest BCUT2D eigenvalue weighted by molar-refractivity contribution is -0.122. The van der Waals surface area contributed by atoms with Crippen LogP contribution in [-0.2, 0) is 4.79 Å². The van der Waals surface area contributed by atoms with Crippen molar-refractivity contribution in [3.05, 3.63) is 17.2 Å². The molecular weight excluding hydrogens is 308 g/mol. The molecule has 1 aromatic heterocycles. The van der Waals surface area contributed by atoms with Gasteiger partial charge in [-0.1, -0.05) is 25.4 Å². The number of amides is 1. The molecule has 2 aromatic rings. The molecule has 0 radical (unpaired) electrons. The summed E-state index contributed by atoms with van der Waals surface area (Å²) in [5, 5.41) is 6.71. The van der Waals surface area contributed by atoms with E-state index < -0.39 is 6.04 Å². The number of rotatable bonds is 6. The molecule has 21 heavy (non-hydrogen) atoms. The van der Waals surface area contributed by atoms with E-state index in [2.05, 4.69) is 33.2 Å². The summed E-state index contributed by atoms with van der Waals surface area (Å²) in [5.41, 5.74) is 2.14. The highest BCUT2D eigenvalue weighted by Crippen LogP contribution is 2.30. The number of carbonyl (C=O) groups excluding carboxylic acids is 1. The van der Waals surface area contributed by atoms with Crippen LogP contribution >= 0.6 is 23.3 Å². The molecule has 2 N–H and O–H groups in total. The maximum atomic E-state index is 12.2. The zero-order chi connectivity index (χ0) is 15.4. The number of nitrogens with one attached hydrogen (secondary N) is 2. The number of hydrogen-bond donors (Lipinski definition) is 2. The van der Waals surface area contributed by atoms with E-state index in [0.717, 1.165) is 30.1 Å². The largest absolute Gasteiger partial charge is 0.371 e. The summed E-state index contributed by atoms with van der Waals surface area (Å²) < 4.78 is 8.42. The fraction of sp³-hybridized carbons (Fsp3) is 0.500. The second-order valence-corrected chi connectivity index (χ2v) is 5.88. The van der Waals surface area contributed by atoms with Gasteiger partial charge in [0.2, 0.25) is 5.91 Å². The van der Waals surface area contributed by atoms with Crippen LogP contribution in [0.4, 0.5) is 5.69 Å². The molecule has 1 atom stereocenters. The molecule has 0 aliphatic heterocycles. The van der Waals surface area contributed by atoms with E-state index in [1.165, 1.54) is 0 Å². The van der Waals surface area contributed by atoms with Gasteiger partial charge in [0.15, 0.2) is 0 Å². The Morgan fingerprint density at radius 3 is 2.71 bits per heavy atom. The SMILES string of the molecule is CCC(CC)NC(=O)C(C)Nc1c(Cl)ccc2nsnc12. The standard InChI is InChI=1S/C14H19ClN4OS/c1-4-9(5-2)17-14(20)8(3)16-12-10(15)6-7-11-13(12)19-21-18-11/h6-9,16H,4-5H2,1-3H3,(H,17,20).